The van der Waals surface area contributed by atoms with Gasteiger partial charge in [0.1, 0.15) is 0 Å². The number of amides is 1. The van der Waals surface area contributed by atoms with Gasteiger partial charge in [0.15, 0.2) is 0 Å². The van der Waals surface area contributed by atoms with E-state index in [1.165, 1.54) is 4.90 Å². The Hall–Kier alpha value is -1.52. The number of hydrogen-bond acceptors (Lipinski definition) is 7. The molecule has 0 radical (unpaired) electrons. The Bertz CT molecular complexity index is 1210. The third-order valence-electron chi connectivity index (χ3n) is 12.5. The molecule has 1 aromatic carbocycles. The Labute approximate surface area is 251 Å². The van der Waals surface area contributed by atoms with E-state index in [9.17, 15) is 33.1 Å². The molecule has 0 heterocycles. The van der Waals surface area contributed by atoms with Gasteiger partial charge in [0.25, 0.3) is 0 Å². The predicted molar refractivity (Wildman–Crippen MR) is 159 cm³/mol. The fraction of sp³-hybridized carbons (Fsp3) is 0.788. The van der Waals surface area contributed by atoms with Crippen LogP contribution in [-0.2, 0) is 21.5 Å². The first-order valence-electron chi connectivity index (χ1n) is 16.0. The normalized spacial score (nSPS) is 40.5. The molecule has 1 aromatic rings. The highest BCUT2D eigenvalue weighted by Crippen LogP contribution is 2.68. The molecule has 0 bridgehead atoms. The maximum Gasteiger partial charge on any atom is 0.222 e. The highest BCUT2D eigenvalue weighted by molar-refractivity contribution is 7.85. The Morgan fingerprint density at radius 3 is 2.45 bits per heavy atom. The van der Waals surface area contributed by atoms with Crippen LogP contribution in [0, 0.1) is 46.3 Å². The van der Waals surface area contributed by atoms with Crippen molar-refractivity contribution in [3.63, 3.8) is 0 Å². The lowest BCUT2D eigenvalue weighted by Crippen LogP contribution is -2.62. The molecule has 4 fully saturated rings. The van der Waals surface area contributed by atoms with Crippen LogP contribution >= 0.6 is 0 Å². The first-order valence-corrected chi connectivity index (χ1v) is 17.6. The Morgan fingerprint density at radius 1 is 1.05 bits per heavy atom. The van der Waals surface area contributed by atoms with E-state index in [0.717, 1.165) is 44.1 Å². The maximum absolute atomic E-state index is 13.4. The first kappa shape index (κ1) is 31.9. The Balaban J connectivity index is 1.27. The molecule has 1 amide bonds. The number of aliphatic hydroxyl groups is 3. The van der Waals surface area contributed by atoms with Crippen LogP contribution in [0.2, 0.25) is 0 Å². The smallest absolute Gasteiger partial charge is 0.222 e. The average Bonchev–Trinajstić information content (AvgIpc) is 3.29. The molecular formula is C33H50NO7S-. The third-order valence-corrected chi connectivity index (χ3v) is 13.2. The van der Waals surface area contributed by atoms with Gasteiger partial charge in [0.2, 0.25) is 5.91 Å². The van der Waals surface area contributed by atoms with Gasteiger partial charge in [-0.05, 0) is 103 Å². The van der Waals surface area contributed by atoms with E-state index < -0.39 is 28.1 Å². The summed E-state index contributed by atoms with van der Waals surface area (Å²) in [5.74, 6) is 0.472. The molecule has 0 saturated heterocycles. The topological polar surface area (TPSA) is 138 Å². The summed E-state index contributed by atoms with van der Waals surface area (Å²) in [5.41, 5.74) is 0.562. The zero-order valence-corrected chi connectivity index (χ0v) is 26.2. The minimum atomic E-state index is -4.45. The summed E-state index contributed by atoms with van der Waals surface area (Å²) in [7, 11) is -4.45. The van der Waals surface area contributed by atoms with Crippen molar-refractivity contribution in [1.29, 1.82) is 0 Å². The van der Waals surface area contributed by atoms with Crippen LogP contribution in [0.5, 0.6) is 0 Å². The SMILES string of the molecule is C[C@H](CCC(=O)N(CCS(=O)(=O)[O-])Cc1ccccc1)[C@H]1CC[C@H]2[C@@H]3[C@H](O)C[C@@H]4C[C@H](O)CC[C@]4(C)[C@H]3C[C@H](O)[C@]12C. The summed E-state index contributed by atoms with van der Waals surface area (Å²) < 4.78 is 34.0. The van der Waals surface area contributed by atoms with Gasteiger partial charge in [-0.3, -0.25) is 4.79 Å². The van der Waals surface area contributed by atoms with Crippen LogP contribution < -0.4 is 0 Å². The van der Waals surface area contributed by atoms with E-state index in [2.05, 4.69) is 20.8 Å². The highest BCUT2D eigenvalue weighted by atomic mass is 32.2. The van der Waals surface area contributed by atoms with E-state index in [1.54, 1.807) is 0 Å². The molecule has 42 heavy (non-hydrogen) atoms. The summed E-state index contributed by atoms with van der Waals surface area (Å²) in [5, 5.41) is 33.7. The first-order chi connectivity index (χ1) is 19.7. The summed E-state index contributed by atoms with van der Waals surface area (Å²) in [6, 6.07) is 9.36. The Morgan fingerprint density at radius 2 is 1.76 bits per heavy atom. The fourth-order valence-electron chi connectivity index (χ4n) is 10.2. The molecule has 3 N–H and O–H groups in total. The molecular weight excluding hydrogens is 554 g/mol. The summed E-state index contributed by atoms with van der Waals surface area (Å²) >= 11 is 0. The Kier molecular flexibility index (Phi) is 9.19. The van der Waals surface area contributed by atoms with Crippen molar-refractivity contribution in [2.45, 2.75) is 103 Å². The lowest BCUT2D eigenvalue weighted by atomic mass is 9.43. The lowest BCUT2D eigenvalue weighted by Gasteiger charge is -2.63. The van der Waals surface area contributed by atoms with E-state index in [1.807, 2.05) is 30.3 Å². The molecule has 9 heteroatoms. The standard InChI is InChI=1S/C33H51NO7S/c1-21(9-12-30(38)34(15-16-42(39,40)41)20-22-7-5-4-6-8-22)25-10-11-26-31-27(19-29(37)33(25,26)3)32(2)14-13-24(35)17-23(32)18-28(31)36/h4-8,21,23-29,31,35-37H,9-20H2,1-3H3,(H,39,40,41)/p-1/t21-,23+,24-,25-,26+,27+,28-,29+,31+,32+,33-/m1/s1. The van der Waals surface area contributed by atoms with E-state index >= 15 is 0 Å². The molecule has 5 rings (SSSR count). The second-order valence-corrected chi connectivity index (χ2v) is 16.1. The van der Waals surface area contributed by atoms with Crippen molar-refractivity contribution in [3.05, 3.63) is 35.9 Å². The minimum absolute atomic E-state index is 0.0291. The molecule has 0 spiro atoms. The van der Waals surface area contributed by atoms with Crippen LogP contribution in [0.3, 0.4) is 0 Å². The van der Waals surface area contributed by atoms with Crippen molar-refractivity contribution >= 4 is 16.0 Å². The fourth-order valence-corrected chi connectivity index (χ4v) is 10.6. The van der Waals surface area contributed by atoms with Gasteiger partial charge in [0.05, 0.1) is 34.2 Å². The molecule has 4 saturated carbocycles. The molecule has 4 aliphatic rings. The molecule has 11 atom stereocenters. The van der Waals surface area contributed by atoms with Gasteiger partial charge < -0.3 is 24.8 Å². The molecule has 4 aliphatic carbocycles. The number of carbonyl (C=O) groups excluding carboxylic acids is 1. The lowest BCUT2D eigenvalue weighted by molar-refractivity contribution is -0.207. The van der Waals surface area contributed by atoms with Crippen LogP contribution in [0.1, 0.15) is 84.1 Å². The molecule has 0 aliphatic heterocycles. The maximum atomic E-state index is 13.4. The number of aliphatic hydroxyl groups excluding tert-OH is 3. The van der Waals surface area contributed by atoms with E-state index in [-0.39, 0.29) is 77.9 Å². The summed E-state index contributed by atoms with van der Waals surface area (Å²) in [6.07, 6.45) is 5.44. The molecule has 0 aromatic heterocycles. The monoisotopic (exact) mass is 604 g/mol. The van der Waals surface area contributed by atoms with Crippen LogP contribution in [-0.4, -0.2) is 69.7 Å². The van der Waals surface area contributed by atoms with Gasteiger partial charge in [-0.1, -0.05) is 51.1 Å². The van der Waals surface area contributed by atoms with Gasteiger partial charge >= 0.3 is 0 Å². The zero-order chi connectivity index (χ0) is 30.4. The minimum Gasteiger partial charge on any atom is -0.748 e. The van der Waals surface area contributed by atoms with Crippen molar-refractivity contribution in [2.24, 2.45) is 46.3 Å². The number of benzene rings is 1. The van der Waals surface area contributed by atoms with Crippen molar-refractivity contribution in [2.75, 3.05) is 12.3 Å². The van der Waals surface area contributed by atoms with Gasteiger partial charge in [0, 0.05) is 19.5 Å². The predicted octanol–water partition coefficient (Wildman–Crippen LogP) is 3.94. The van der Waals surface area contributed by atoms with Gasteiger partial charge in [-0.25, -0.2) is 8.42 Å². The highest BCUT2D eigenvalue weighted by Gasteiger charge is 2.65. The van der Waals surface area contributed by atoms with Crippen molar-refractivity contribution in [1.82, 2.24) is 4.90 Å². The largest absolute Gasteiger partial charge is 0.748 e. The zero-order valence-electron chi connectivity index (χ0n) is 25.4. The van der Waals surface area contributed by atoms with Crippen LogP contribution in [0.15, 0.2) is 30.3 Å². The van der Waals surface area contributed by atoms with Gasteiger partial charge in [-0.2, -0.15) is 0 Å². The summed E-state index contributed by atoms with van der Waals surface area (Å²) in [4.78, 5) is 14.8. The third kappa shape index (κ3) is 6.06. The van der Waals surface area contributed by atoms with Crippen LogP contribution in [0.4, 0.5) is 0 Å². The van der Waals surface area contributed by atoms with Crippen molar-refractivity contribution < 1.29 is 33.1 Å². The number of hydrogen-bond donors (Lipinski definition) is 3. The second-order valence-electron chi connectivity index (χ2n) is 14.6. The number of rotatable bonds is 9. The molecule has 0 unspecified atom stereocenters. The number of fused-ring (bicyclic) bond motifs is 5. The summed E-state index contributed by atoms with van der Waals surface area (Å²) in [6.45, 7) is 6.83. The molecule has 236 valence electrons. The second kappa shape index (κ2) is 12.1. The quantitative estimate of drug-likeness (QED) is 0.363. The van der Waals surface area contributed by atoms with E-state index in [4.69, 9.17) is 0 Å². The van der Waals surface area contributed by atoms with Crippen molar-refractivity contribution in [3.8, 4) is 0 Å². The van der Waals surface area contributed by atoms with E-state index in [0.29, 0.717) is 12.8 Å². The van der Waals surface area contributed by atoms with Crippen LogP contribution in [0.25, 0.3) is 0 Å². The number of carbonyl (C=O) groups is 1. The molecule has 8 nitrogen and oxygen atoms in total. The average molecular weight is 605 g/mol. The van der Waals surface area contributed by atoms with Gasteiger partial charge in [-0.15, -0.1) is 0 Å². The number of nitrogens with zero attached hydrogens (tertiary/aromatic N) is 1.